The number of piperidine rings is 1. The van der Waals surface area contributed by atoms with Crippen LogP contribution in [0.1, 0.15) is 47.8 Å². The van der Waals surface area contributed by atoms with Crippen molar-refractivity contribution in [3.05, 3.63) is 29.3 Å². The first kappa shape index (κ1) is 21.7. The number of nitrogens with zero attached hydrogens (tertiary/aromatic N) is 1. The zero-order valence-corrected chi connectivity index (χ0v) is 17.8. The maximum absolute atomic E-state index is 13.0. The molecule has 10 heteroatoms. The van der Waals surface area contributed by atoms with Crippen molar-refractivity contribution in [3.63, 3.8) is 0 Å². The Hall–Kier alpha value is -2.05. The lowest BCUT2D eigenvalue weighted by molar-refractivity contribution is -0.139. The third-order valence-electron chi connectivity index (χ3n) is 4.81. The Morgan fingerprint density at radius 3 is 2.83 bits per heavy atom. The molecule has 156 valence electrons. The van der Waals surface area contributed by atoms with E-state index < -0.39 is 35.9 Å². The fourth-order valence-electron chi connectivity index (χ4n) is 3.43. The van der Waals surface area contributed by atoms with Crippen LogP contribution in [0.2, 0.25) is 0 Å². The first-order valence-electron chi connectivity index (χ1n) is 9.35. The average Bonchev–Trinajstić information content (AvgIpc) is 2.93. The zero-order chi connectivity index (χ0) is 21.0. The number of nitrogens with one attached hydrogen (secondary N) is 2. The summed E-state index contributed by atoms with van der Waals surface area (Å²) in [6.45, 7) is 0.336. The second-order valence-electron chi connectivity index (χ2n) is 6.82. The van der Waals surface area contributed by atoms with Gasteiger partial charge in [0, 0.05) is 18.6 Å². The lowest BCUT2D eigenvalue weighted by Gasteiger charge is -2.31. The minimum Gasteiger partial charge on any atom is -0.372 e. The Labute approximate surface area is 181 Å². The van der Waals surface area contributed by atoms with Crippen molar-refractivity contribution < 1.29 is 29.0 Å². The van der Waals surface area contributed by atoms with Crippen LogP contribution in [0.5, 0.6) is 0 Å². The van der Waals surface area contributed by atoms with Gasteiger partial charge in [-0.3, -0.25) is 29.4 Å². The largest absolute Gasteiger partial charge is 0.372 e. The highest BCUT2D eigenvalue weighted by Gasteiger charge is 2.45. The average molecular weight is 515 g/mol. The fraction of sp³-hybridized carbons (Fsp3) is 0.474. The number of aliphatic hydroxyl groups is 1. The van der Waals surface area contributed by atoms with Gasteiger partial charge in [-0.25, -0.2) is 0 Å². The van der Waals surface area contributed by atoms with Crippen molar-refractivity contribution in [2.75, 3.05) is 23.0 Å². The van der Waals surface area contributed by atoms with Crippen molar-refractivity contribution in [3.8, 4) is 0 Å². The van der Waals surface area contributed by atoms with Crippen molar-refractivity contribution >= 4 is 51.9 Å². The molecule has 0 spiro atoms. The predicted octanol–water partition coefficient (Wildman–Crippen LogP) is 1.11. The number of aliphatic hydroxyl groups excluding tert-OH is 1. The number of fused-ring (bicyclic) bond motifs is 1. The first-order valence-corrected chi connectivity index (χ1v) is 10.9. The number of carbonyl (C=O) groups excluding carboxylic acids is 4. The number of benzene rings is 1. The molecule has 1 fully saturated rings. The van der Waals surface area contributed by atoms with E-state index in [1.165, 1.54) is 0 Å². The van der Waals surface area contributed by atoms with E-state index >= 15 is 0 Å². The molecular formula is C19H22IN3O6. The van der Waals surface area contributed by atoms with Crippen LogP contribution < -0.4 is 10.6 Å². The number of halogens is 1. The summed E-state index contributed by atoms with van der Waals surface area (Å²) in [6.07, 6.45) is 0.762. The van der Waals surface area contributed by atoms with Gasteiger partial charge in [0.25, 0.3) is 5.91 Å². The SMILES string of the molecule is O=C1CCC(N2C(=O)c3c(NC(=O)COCCCCI)cccc3C2O)C(=O)N1. The molecule has 3 rings (SSSR count). The van der Waals surface area contributed by atoms with E-state index in [4.69, 9.17) is 4.74 Å². The first-order chi connectivity index (χ1) is 13.9. The van der Waals surface area contributed by atoms with Crippen molar-refractivity contribution in [1.82, 2.24) is 10.2 Å². The maximum atomic E-state index is 13.0. The number of unbranched alkanes of at least 4 members (excludes halogenated alkanes) is 1. The van der Waals surface area contributed by atoms with Crippen LogP contribution in [0.15, 0.2) is 18.2 Å². The van der Waals surface area contributed by atoms with Gasteiger partial charge < -0.3 is 15.2 Å². The van der Waals surface area contributed by atoms with Gasteiger partial charge in [0.1, 0.15) is 12.6 Å². The van der Waals surface area contributed by atoms with Crippen LogP contribution in [-0.2, 0) is 19.1 Å². The summed E-state index contributed by atoms with van der Waals surface area (Å²) in [5.41, 5.74) is 0.700. The van der Waals surface area contributed by atoms with Gasteiger partial charge in [0.05, 0.1) is 11.3 Å². The lowest BCUT2D eigenvalue weighted by atomic mass is 10.0. The Balaban J connectivity index is 1.71. The van der Waals surface area contributed by atoms with Gasteiger partial charge in [0.2, 0.25) is 17.7 Å². The summed E-state index contributed by atoms with van der Waals surface area (Å²) in [5.74, 6) is -2.00. The number of hydrogen-bond acceptors (Lipinski definition) is 6. The molecule has 1 saturated heterocycles. The summed E-state index contributed by atoms with van der Waals surface area (Å²) in [7, 11) is 0. The van der Waals surface area contributed by atoms with Crippen LogP contribution in [0.4, 0.5) is 5.69 Å². The second kappa shape index (κ2) is 9.63. The smallest absolute Gasteiger partial charge is 0.259 e. The second-order valence-corrected chi connectivity index (χ2v) is 7.90. The molecule has 2 aliphatic heterocycles. The third-order valence-corrected chi connectivity index (χ3v) is 5.57. The molecule has 4 amide bonds. The van der Waals surface area contributed by atoms with Gasteiger partial charge in [0.15, 0.2) is 6.23 Å². The van der Waals surface area contributed by atoms with Gasteiger partial charge >= 0.3 is 0 Å². The number of rotatable bonds is 8. The monoisotopic (exact) mass is 515 g/mol. The minimum absolute atomic E-state index is 0.0851. The molecular weight excluding hydrogens is 493 g/mol. The molecule has 0 aliphatic carbocycles. The van der Waals surface area contributed by atoms with E-state index in [0.29, 0.717) is 12.2 Å². The van der Waals surface area contributed by atoms with Crippen molar-refractivity contribution in [2.24, 2.45) is 0 Å². The topological polar surface area (TPSA) is 125 Å². The molecule has 2 atom stereocenters. The third kappa shape index (κ3) is 4.75. The van der Waals surface area contributed by atoms with Crippen molar-refractivity contribution in [1.29, 1.82) is 0 Å². The summed E-state index contributed by atoms with van der Waals surface area (Å²) in [4.78, 5) is 49.8. The van der Waals surface area contributed by atoms with E-state index in [-0.39, 0.29) is 30.7 Å². The summed E-state index contributed by atoms with van der Waals surface area (Å²) >= 11 is 2.27. The molecule has 29 heavy (non-hydrogen) atoms. The van der Waals surface area contributed by atoms with Crippen LogP contribution in [0.25, 0.3) is 0 Å². The Morgan fingerprint density at radius 1 is 1.31 bits per heavy atom. The molecule has 9 nitrogen and oxygen atoms in total. The van der Waals surface area contributed by atoms with Gasteiger partial charge in [-0.15, -0.1) is 0 Å². The van der Waals surface area contributed by atoms with Crippen LogP contribution in [0.3, 0.4) is 0 Å². The molecule has 2 aliphatic rings. The number of carbonyl (C=O) groups is 4. The molecule has 0 saturated carbocycles. The Kier molecular flexibility index (Phi) is 7.19. The highest BCUT2D eigenvalue weighted by atomic mass is 127. The highest BCUT2D eigenvalue weighted by Crippen LogP contribution is 2.38. The Bertz CT molecular complexity index is 830. The molecule has 3 N–H and O–H groups in total. The quantitative estimate of drug-likeness (QED) is 0.206. The molecule has 0 bridgehead atoms. The normalized spacial score (nSPS) is 21.2. The van der Waals surface area contributed by atoms with Gasteiger partial charge in [-0.1, -0.05) is 34.7 Å². The van der Waals surface area contributed by atoms with E-state index in [0.717, 1.165) is 22.2 Å². The maximum Gasteiger partial charge on any atom is 0.259 e. The number of hydrogen-bond donors (Lipinski definition) is 3. The fourth-order valence-corrected chi connectivity index (χ4v) is 3.97. The highest BCUT2D eigenvalue weighted by molar-refractivity contribution is 14.1. The molecule has 1 aromatic rings. The molecule has 0 aromatic heterocycles. The Morgan fingerprint density at radius 2 is 2.10 bits per heavy atom. The van der Waals surface area contributed by atoms with E-state index in [1.54, 1.807) is 18.2 Å². The predicted molar refractivity (Wildman–Crippen MR) is 111 cm³/mol. The van der Waals surface area contributed by atoms with Crippen LogP contribution >= 0.6 is 22.6 Å². The summed E-state index contributed by atoms with van der Waals surface area (Å²) in [6, 6.07) is 3.79. The molecule has 0 radical (unpaired) electrons. The standard InChI is InChI=1S/C19H22IN3O6/c20-8-1-2-9-29-10-15(25)21-12-5-3-4-11-16(12)19(28)23(18(11)27)13-6-7-14(24)22-17(13)26/h3-5,13,18,27H,1-2,6-10H2,(H,21,25)(H,22,24,26). The van der Waals surface area contributed by atoms with E-state index in [2.05, 4.69) is 33.2 Å². The number of amides is 4. The molecule has 2 heterocycles. The van der Waals surface area contributed by atoms with Gasteiger partial charge in [-0.05, 0) is 29.8 Å². The van der Waals surface area contributed by atoms with Crippen LogP contribution in [-0.4, -0.2) is 57.3 Å². The number of ether oxygens (including phenoxy) is 1. The summed E-state index contributed by atoms with van der Waals surface area (Å²) < 4.78 is 6.36. The zero-order valence-electron chi connectivity index (χ0n) is 15.7. The minimum atomic E-state index is -1.33. The number of alkyl halides is 1. The van der Waals surface area contributed by atoms with Crippen molar-refractivity contribution in [2.45, 2.75) is 38.0 Å². The van der Waals surface area contributed by atoms with Gasteiger partial charge in [-0.2, -0.15) is 0 Å². The van der Waals surface area contributed by atoms with E-state index in [9.17, 15) is 24.3 Å². The van der Waals surface area contributed by atoms with E-state index in [1.807, 2.05) is 0 Å². The summed E-state index contributed by atoms with van der Waals surface area (Å²) in [5, 5.41) is 15.5. The number of anilines is 1. The molecule has 2 unspecified atom stereocenters. The van der Waals surface area contributed by atoms with Crippen LogP contribution in [0, 0.1) is 0 Å². The molecule has 1 aromatic carbocycles. The number of imide groups is 1. The lowest BCUT2D eigenvalue weighted by Crippen LogP contribution is -2.53.